The van der Waals surface area contributed by atoms with Gasteiger partial charge in [-0.2, -0.15) is 0 Å². The van der Waals surface area contributed by atoms with Crippen molar-refractivity contribution in [1.82, 2.24) is 15.3 Å². The third-order valence-corrected chi connectivity index (χ3v) is 5.82. The summed E-state index contributed by atoms with van der Waals surface area (Å²) in [6.45, 7) is 6.97. The molecule has 0 saturated heterocycles. The number of aliphatic hydroxyl groups is 2. The summed E-state index contributed by atoms with van der Waals surface area (Å²) >= 11 is 0. The maximum atomic E-state index is 10.5. The van der Waals surface area contributed by atoms with Crippen molar-refractivity contribution in [3.05, 3.63) is 53.6 Å². The summed E-state index contributed by atoms with van der Waals surface area (Å²) in [5.41, 5.74) is 2.00. The molecule has 0 amide bonds. The monoisotopic (exact) mass is 399 g/mol. The van der Waals surface area contributed by atoms with Crippen molar-refractivity contribution in [2.45, 2.75) is 57.7 Å². The molecule has 1 saturated carbocycles. The lowest BCUT2D eigenvalue weighted by molar-refractivity contribution is 0.0715. The average Bonchev–Trinajstić information content (AvgIpc) is 3.00. The lowest BCUT2D eigenvalue weighted by atomic mass is 9.88. The number of aliphatic hydroxyl groups excluding tert-OH is 2. The van der Waals surface area contributed by atoms with Gasteiger partial charge in [0, 0.05) is 42.4 Å². The van der Waals surface area contributed by atoms with Crippen LogP contribution >= 0.6 is 0 Å². The summed E-state index contributed by atoms with van der Waals surface area (Å²) in [5, 5.41) is 24.0. The van der Waals surface area contributed by atoms with Crippen molar-refractivity contribution in [1.29, 1.82) is 0 Å². The van der Waals surface area contributed by atoms with Crippen molar-refractivity contribution < 1.29 is 14.9 Å². The number of hydrogen-bond donors (Lipinski definition) is 3. The fourth-order valence-corrected chi connectivity index (χ4v) is 4.08. The smallest absolute Gasteiger partial charge is 0.133 e. The number of aromatic nitrogens is 2. The zero-order valence-electron chi connectivity index (χ0n) is 17.8. The van der Waals surface area contributed by atoms with E-state index in [4.69, 9.17) is 9.72 Å². The van der Waals surface area contributed by atoms with E-state index in [9.17, 15) is 10.2 Å². The van der Waals surface area contributed by atoms with Gasteiger partial charge in [0.25, 0.3) is 0 Å². The minimum absolute atomic E-state index is 0.0240. The molecular formula is C23H33N3O3. The molecule has 1 heterocycles. The Bertz CT molecular complexity index is 789. The van der Waals surface area contributed by atoms with Crippen molar-refractivity contribution >= 4 is 0 Å². The van der Waals surface area contributed by atoms with E-state index in [1.165, 1.54) is 0 Å². The van der Waals surface area contributed by atoms with Crippen molar-refractivity contribution in [2.75, 3.05) is 13.7 Å². The Morgan fingerprint density at radius 1 is 1.14 bits per heavy atom. The number of nitrogens with one attached hydrogen (secondary N) is 1. The molecule has 29 heavy (non-hydrogen) atoms. The maximum absolute atomic E-state index is 10.5. The summed E-state index contributed by atoms with van der Waals surface area (Å²) in [7, 11) is 1.66. The third-order valence-electron chi connectivity index (χ3n) is 5.82. The Balaban J connectivity index is 1.72. The molecule has 0 radical (unpaired) electrons. The molecule has 2 aromatic rings. The van der Waals surface area contributed by atoms with E-state index < -0.39 is 6.10 Å². The van der Waals surface area contributed by atoms with E-state index in [1.807, 2.05) is 36.5 Å². The summed E-state index contributed by atoms with van der Waals surface area (Å²) in [6, 6.07) is 10.0. The van der Waals surface area contributed by atoms with Crippen LogP contribution in [0.25, 0.3) is 0 Å². The molecule has 1 aromatic carbocycles. The topological polar surface area (TPSA) is 87.5 Å². The van der Waals surface area contributed by atoms with E-state index >= 15 is 0 Å². The first-order valence-electron chi connectivity index (χ1n) is 10.3. The second kappa shape index (κ2) is 9.20. The largest absolute Gasteiger partial charge is 0.497 e. The van der Waals surface area contributed by atoms with Crippen LogP contribution in [0.3, 0.4) is 0 Å². The van der Waals surface area contributed by atoms with E-state index in [1.54, 1.807) is 7.11 Å². The molecule has 0 bridgehead atoms. The van der Waals surface area contributed by atoms with Gasteiger partial charge in [0.15, 0.2) is 0 Å². The van der Waals surface area contributed by atoms with Gasteiger partial charge in [-0.1, -0.05) is 32.9 Å². The van der Waals surface area contributed by atoms with E-state index in [2.05, 4.69) is 31.1 Å². The first-order valence-corrected chi connectivity index (χ1v) is 10.3. The van der Waals surface area contributed by atoms with Gasteiger partial charge >= 0.3 is 0 Å². The molecule has 1 aliphatic rings. The van der Waals surface area contributed by atoms with Crippen molar-refractivity contribution in [3.8, 4) is 5.75 Å². The molecule has 3 rings (SSSR count). The fourth-order valence-electron chi connectivity index (χ4n) is 4.08. The second-order valence-corrected chi connectivity index (χ2v) is 8.97. The fraction of sp³-hybridized carbons (Fsp3) is 0.565. The zero-order chi connectivity index (χ0) is 21.0. The van der Waals surface area contributed by atoms with Gasteiger partial charge in [-0.15, -0.1) is 0 Å². The Labute approximate surface area is 173 Å². The summed E-state index contributed by atoms with van der Waals surface area (Å²) < 4.78 is 5.21. The van der Waals surface area contributed by atoms with Gasteiger partial charge in [0.2, 0.25) is 0 Å². The SMILES string of the molecule is COc1ccc(CN[C@@H]2C[C@@H](O)[C@H](CO)[C@H]2Cc2ccnc(C(C)(C)C)n2)cc1. The number of ether oxygens (including phenoxy) is 1. The van der Waals surface area contributed by atoms with Crippen LogP contribution in [0.1, 0.15) is 44.3 Å². The van der Waals surface area contributed by atoms with Crippen LogP contribution in [0.2, 0.25) is 0 Å². The molecule has 0 aliphatic heterocycles. The number of benzene rings is 1. The Hall–Kier alpha value is -2.02. The van der Waals surface area contributed by atoms with Crippen LogP contribution in [0.5, 0.6) is 5.75 Å². The van der Waals surface area contributed by atoms with E-state index in [0.29, 0.717) is 19.4 Å². The second-order valence-electron chi connectivity index (χ2n) is 8.97. The highest BCUT2D eigenvalue weighted by molar-refractivity contribution is 5.27. The number of hydrogen-bond acceptors (Lipinski definition) is 6. The first kappa shape index (κ1) is 21.7. The Morgan fingerprint density at radius 2 is 1.86 bits per heavy atom. The van der Waals surface area contributed by atoms with Gasteiger partial charge in [-0.05, 0) is 42.5 Å². The van der Waals surface area contributed by atoms with Crippen LogP contribution in [0, 0.1) is 11.8 Å². The lowest BCUT2D eigenvalue weighted by Gasteiger charge is -2.25. The highest BCUT2D eigenvalue weighted by atomic mass is 16.5. The molecule has 6 nitrogen and oxygen atoms in total. The third kappa shape index (κ3) is 5.32. The molecule has 0 spiro atoms. The predicted octanol–water partition coefficient (Wildman–Crippen LogP) is 2.47. The first-order chi connectivity index (χ1) is 13.8. The van der Waals surface area contributed by atoms with Gasteiger partial charge < -0.3 is 20.3 Å². The molecule has 158 valence electrons. The zero-order valence-corrected chi connectivity index (χ0v) is 17.8. The standard InChI is InChI=1S/C23H33N3O3/c1-23(2,3)22-24-10-9-16(26-22)11-18-19(14-27)21(28)12-20(18)25-13-15-5-7-17(29-4)8-6-15/h5-10,18-21,25,27-28H,11-14H2,1-4H3/t18-,19-,20-,21-/m1/s1. The molecule has 1 fully saturated rings. The Kier molecular flexibility index (Phi) is 6.88. The van der Waals surface area contributed by atoms with Gasteiger partial charge in [0.1, 0.15) is 11.6 Å². The highest BCUT2D eigenvalue weighted by Gasteiger charge is 2.42. The molecule has 6 heteroatoms. The van der Waals surface area contributed by atoms with Crippen molar-refractivity contribution in [2.24, 2.45) is 11.8 Å². The van der Waals surface area contributed by atoms with E-state index in [-0.39, 0.29) is 29.9 Å². The summed E-state index contributed by atoms with van der Waals surface area (Å²) in [6.07, 6.45) is 2.63. The number of methoxy groups -OCH3 is 1. The van der Waals surface area contributed by atoms with Crippen LogP contribution in [-0.2, 0) is 18.4 Å². The molecule has 1 aromatic heterocycles. The molecule has 1 aliphatic carbocycles. The maximum Gasteiger partial charge on any atom is 0.133 e. The van der Waals surface area contributed by atoms with Gasteiger partial charge in [0.05, 0.1) is 13.2 Å². The van der Waals surface area contributed by atoms with Crippen LogP contribution in [0.4, 0.5) is 0 Å². The summed E-state index contributed by atoms with van der Waals surface area (Å²) in [4.78, 5) is 9.17. The van der Waals surface area contributed by atoms with E-state index in [0.717, 1.165) is 22.8 Å². The normalized spacial score (nSPS) is 24.6. The van der Waals surface area contributed by atoms with Gasteiger partial charge in [-0.25, -0.2) is 9.97 Å². The predicted molar refractivity (Wildman–Crippen MR) is 113 cm³/mol. The van der Waals surface area contributed by atoms with Crippen LogP contribution in [-0.4, -0.2) is 46.0 Å². The Morgan fingerprint density at radius 3 is 2.48 bits per heavy atom. The highest BCUT2D eigenvalue weighted by Crippen LogP contribution is 2.35. The number of rotatable bonds is 7. The molecule has 4 atom stereocenters. The lowest BCUT2D eigenvalue weighted by Crippen LogP contribution is -2.36. The minimum Gasteiger partial charge on any atom is -0.497 e. The van der Waals surface area contributed by atoms with Crippen LogP contribution in [0.15, 0.2) is 36.5 Å². The van der Waals surface area contributed by atoms with Gasteiger partial charge in [-0.3, -0.25) is 0 Å². The van der Waals surface area contributed by atoms with Crippen LogP contribution < -0.4 is 10.1 Å². The minimum atomic E-state index is -0.512. The summed E-state index contributed by atoms with van der Waals surface area (Å²) in [5.74, 6) is 1.60. The molecular weight excluding hydrogens is 366 g/mol. The number of nitrogens with zero attached hydrogens (tertiary/aromatic N) is 2. The average molecular weight is 400 g/mol. The molecule has 3 N–H and O–H groups in total. The van der Waals surface area contributed by atoms with Crippen molar-refractivity contribution in [3.63, 3.8) is 0 Å². The quantitative estimate of drug-likeness (QED) is 0.663. The molecule has 0 unspecified atom stereocenters.